The molecule has 1 heterocycles. The van der Waals surface area contributed by atoms with Crippen LogP contribution in [0, 0.1) is 6.92 Å². The average molecular weight is 287 g/mol. The Hall–Kier alpha value is -1.74. The molecule has 0 fully saturated rings. The van der Waals surface area contributed by atoms with Gasteiger partial charge in [0.25, 0.3) is 0 Å². The van der Waals surface area contributed by atoms with E-state index < -0.39 is 0 Å². The van der Waals surface area contributed by atoms with Crippen molar-refractivity contribution in [2.24, 2.45) is 5.73 Å². The van der Waals surface area contributed by atoms with Crippen LogP contribution in [-0.2, 0) is 6.42 Å². The predicted octanol–water partition coefficient (Wildman–Crippen LogP) is 4.40. The van der Waals surface area contributed by atoms with E-state index in [9.17, 15) is 0 Å². The van der Waals surface area contributed by atoms with Gasteiger partial charge in [0.1, 0.15) is 17.3 Å². The Morgan fingerprint density at radius 3 is 2.38 bits per heavy atom. The van der Waals surface area contributed by atoms with Crippen LogP contribution in [0.2, 0.25) is 0 Å². The molecule has 0 saturated heterocycles. The molecule has 0 aliphatic heterocycles. The topological polar surface area (TPSA) is 48.4 Å². The van der Waals surface area contributed by atoms with Gasteiger partial charge in [-0.25, -0.2) is 0 Å². The summed E-state index contributed by atoms with van der Waals surface area (Å²) in [6.07, 6.45) is 3.28. The van der Waals surface area contributed by atoms with Crippen molar-refractivity contribution in [2.45, 2.75) is 52.2 Å². The van der Waals surface area contributed by atoms with Crippen LogP contribution in [0.4, 0.5) is 0 Å². The highest BCUT2D eigenvalue weighted by molar-refractivity contribution is 5.28. The fourth-order valence-electron chi connectivity index (χ4n) is 2.29. The molecule has 114 valence electrons. The van der Waals surface area contributed by atoms with Crippen molar-refractivity contribution in [1.29, 1.82) is 0 Å². The molecule has 0 radical (unpaired) electrons. The van der Waals surface area contributed by atoms with Crippen LogP contribution in [-0.4, -0.2) is 6.04 Å². The number of furan rings is 1. The Bertz CT molecular complexity index is 543. The number of hydrogen-bond donors (Lipinski definition) is 1. The van der Waals surface area contributed by atoms with Crippen molar-refractivity contribution in [1.82, 2.24) is 0 Å². The van der Waals surface area contributed by atoms with E-state index in [-0.39, 0.29) is 12.1 Å². The van der Waals surface area contributed by atoms with Crippen LogP contribution >= 0.6 is 0 Å². The Labute approximate surface area is 127 Å². The molecule has 0 aliphatic carbocycles. The van der Waals surface area contributed by atoms with E-state index in [2.05, 4.69) is 19.1 Å². The summed E-state index contributed by atoms with van der Waals surface area (Å²) >= 11 is 0. The highest BCUT2D eigenvalue weighted by Gasteiger charge is 2.21. The molecule has 2 rings (SSSR count). The third kappa shape index (κ3) is 4.36. The molecular weight excluding hydrogens is 262 g/mol. The predicted molar refractivity (Wildman–Crippen MR) is 85.5 cm³/mol. The minimum absolute atomic E-state index is 0.143. The smallest absolute Gasteiger partial charge is 0.171 e. The zero-order chi connectivity index (χ0) is 15.2. The lowest BCUT2D eigenvalue weighted by Gasteiger charge is -2.20. The summed E-state index contributed by atoms with van der Waals surface area (Å²) in [6.45, 7) is 6.05. The summed E-state index contributed by atoms with van der Waals surface area (Å²) in [4.78, 5) is 0. The fourth-order valence-corrected chi connectivity index (χ4v) is 2.29. The Kier molecular flexibility index (Phi) is 5.45. The van der Waals surface area contributed by atoms with Gasteiger partial charge in [-0.1, -0.05) is 25.5 Å². The van der Waals surface area contributed by atoms with Gasteiger partial charge < -0.3 is 14.9 Å². The van der Waals surface area contributed by atoms with Gasteiger partial charge in [-0.15, -0.1) is 0 Å². The zero-order valence-corrected chi connectivity index (χ0v) is 13.1. The SMILES string of the molecule is CCCCc1ccc(OC(c2ccc(C)o2)C(C)N)cc1. The standard InChI is InChI=1S/C18H25NO2/c1-4-5-6-15-8-10-16(11-9-15)21-18(14(3)19)17-12-7-13(2)20-17/h7-12,14,18H,4-6,19H2,1-3H3. The molecule has 0 amide bonds. The number of hydrogen-bond acceptors (Lipinski definition) is 3. The van der Waals surface area contributed by atoms with E-state index in [0.717, 1.165) is 23.7 Å². The van der Waals surface area contributed by atoms with Gasteiger partial charge in [-0.2, -0.15) is 0 Å². The summed E-state index contributed by atoms with van der Waals surface area (Å²) in [5.74, 6) is 2.47. The molecule has 3 nitrogen and oxygen atoms in total. The van der Waals surface area contributed by atoms with Gasteiger partial charge in [0.05, 0.1) is 0 Å². The van der Waals surface area contributed by atoms with Crippen molar-refractivity contribution in [3.05, 3.63) is 53.5 Å². The van der Waals surface area contributed by atoms with Gasteiger partial charge >= 0.3 is 0 Å². The highest BCUT2D eigenvalue weighted by atomic mass is 16.5. The lowest BCUT2D eigenvalue weighted by molar-refractivity contribution is 0.152. The zero-order valence-electron chi connectivity index (χ0n) is 13.1. The molecule has 0 bridgehead atoms. The monoisotopic (exact) mass is 287 g/mol. The number of nitrogens with two attached hydrogens (primary N) is 1. The second-order valence-electron chi connectivity index (χ2n) is 5.59. The highest BCUT2D eigenvalue weighted by Crippen LogP contribution is 2.26. The molecule has 2 N–H and O–H groups in total. The second-order valence-corrected chi connectivity index (χ2v) is 5.59. The molecule has 0 spiro atoms. The molecule has 3 heteroatoms. The molecular formula is C18H25NO2. The molecule has 0 saturated carbocycles. The van der Waals surface area contributed by atoms with Crippen LogP contribution < -0.4 is 10.5 Å². The normalized spacial score (nSPS) is 13.9. The summed E-state index contributed by atoms with van der Waals surface area (Å²) in [5.41, 5.74) is 7.38. The minimum Gasteiger partial charge on any atom is -0.481 e. The molecule has 2 unspecified atom stereocenters. The maximum atomic E-state index is 6.04. The molecule has 0 aliphatic rings. The van der Waals surface area contributed by atoms with E-state index in [4.69, 9.17) is 14.9 Å². The summed E-state index contributed by atoms with van der Waals surface area (Å²) < 4.78 is 11.7. The van der Waals surface area contributed by atoms with Crippen molar-refractivity contribution in [3.63, 3.8) is 0 Å². The van der Waals surface area contributed by atoms with Crippen LogP contribution in [0.15, 0.2) is 40.8 Å². The Morgan fingerprint density at radius 1 is 1.14 bits per heavy atom. The Balaban J connectivity index is 2.07. The van der Waals surface area contributed by atoms with Gasteiger partial charge in [-0.3, -0.25) is 0 Å². The van der Waals surface area contributed by atoms with Crippen molar-refractivity contribution < 1.29 is 9.15 Å². The number of unbranched alkanes of at least 4 members (excludes halogenated alkanes) is 1. The number of aryl methyl sites for hydroxylation is 2. The summed E-state index contributed by atoms with van der Waals surface area (Å²) in [6, 6.07) is 12.0. The first-order valence-electron chi connectivity index (χ1n) is 7.67. The largest absolute Gasteiger partial charge is 0.481 e. The summed E-state index contributed by atoms with van der Waals surface area (Å²) in [7, 11) is 0. The van der Waals surface area contributed by atoms with Gasteiger partial charge in [0, 0.05) is 6.04 Å². The van der Waals surface area contributed by atoms with Crippen molar-refractivity contribution >= 4 is 0 Å². The lowest BCUT2D eigenvalue weighted by atomic mass is 10.1. The van der Waals surface area contributed by atoms with Crippen molar-refractivity contribution in [2.75, 3.05) is 0 Å². The molecule has 21 heavy (non-hydrogen) atoms. The molecule has 1 aromatic carbocycles. The van der Waals surface area contributed by atoms with E-state index in [0.29, 0.717) is 0 Å². The van der Waals surface area contributed by atoms with E-state index in [1.165, 1.54) is 18.4 Å². The van der Waals surface area contributed by atoms with Gasteiger partial charge in [0.2, 0.25) is 0 Å². The molecule has 2 atom stereocenters. The van der Waals surface area contributed by atoms with E-state index >= 15 is 0 Å². The minimum atomic E-state index is -0.264. The van der Waals surface area contributed by atoms with Crippen LogP contribution in [0.5, 0.6) is 5.75 Å². The number of benzene rings is 1. The maximum Gasteiger partial charge on any atom is 0.171 e. The third-order valence-electron chi connectivity index (χ3n) is 3.52. The second kappa shape index (κ2) is 7.32. The Morgan fingerprint density at radius 2 is 1.86 bits per heavy atom. The molecule has 1 aromatic heterocycles. The van der Waals surface area contributed by atoms with Gasteiger partial charge in [-0.05, 0) is 56.5 Å². The molecule has 2 aromatic rings. The van der Waals surface area contributed by atoms with Crippen molar-refractivity contribution in [3.8, 4) is 5.75 Å². The quantitative estimate of drug-likeness (QED) is 0.821. The fraction of sp³-hybridized carbons (Fsp3) is 0.444. The first kappa shape index (κ1) is 15.6. The summed E-state index contributed by atoms with van der Waals surface area (Å²) in [5, 5.41) is 0. The van der Waals surface area contributed by atoms with Crippen LogP contribution in [0.25, 0.3) is 0 Å². The maximum absolute atomic E-state index is 6.04. The van der Waals surface area contributed by atoms with E-state index in [1.54, 1.807) is 0 Å². The third-order valence-corrected chi connectivity index (χ3v) is 3.52. The first-order valence-corrected chi connectivity index (χ1v) is 7.67. The number of rotatable bonds is 7. The van der Waals surface area contributed by atoms with E-state index in [1.807, 2.05) is 38.1 Å². The lowest BCUT2D eigenvalue weighted by Crippen LogP contribution is -2.28. The van der Waals surface area contributed by atoms with Crippen LogP contribution in [0.1, 0.15) is 49.9 Å². The number of ether oxygens (including phenoxy) is 1. The van der Waals surface area contributed by atoms with Gasteiger partial charge in [0.15, 0.2) is 6.10 Å². The first-order chi connectivity index (χ1) is 10.1. The van der Waals surface area contributed by atoms with Crippen LogP contribution in [0.3, 0.4) is 0 Å². The average Bonchev–Trinajstić information content (AvgIpc) is 2.89.